The molecular formula is C27H38N2O2. The summed E-state index contributed by atoms with van der Waals surface area (Å²) in [5, 5.41) is 3.18. The van der Waals surface area contributed by atoms with Crippen molar-refractivity contribution in [3.8, 4) is 5.75 Å². The zero-order valence-electron chi connectivity index (χ0n) is 19.8. The van der Waals surface area contributed by atoms with Gasteiger partial charge in [-0.1, -0.05) is 38.8 Å². The molecule has 168 valence electrons. The molecule has 4 heteroatoms. The maximum Gasteiger partial charge on any atom is 0.251 e. The summed E-state index contributed by atoms with van der Waals surface area (Å²) in [5.41, 5.74) is 5.42. The Hall–Kier alpha value is -2.33. The van der Waals surface area contributed by atoms with Crippen LogP contribution in [0.1, 0.15) is 91.0 Å². The van der Waals surface area contributed by atoms with E-state index in [0.717, 1.165) is 23.4 Å². The van der Waals surface area contributed by atoms with Crippen LogP contribution in [0.5, 0.6) is 5.75 Å². The molecule has 1 atom stereocenters. The molecule has 0 radical (unpaired) electrons. The number of ether oxygens (including phenoxy) is 1. The molecule has 1 fully saturated rings. The van der Waals surface area contributed by atoms with Gasteiger partial charge in [-0.25, -0.2) is 0 Å². The Morgan fingerprint density at radius 1 is 1.00 bits per heavy atom. The maximum atomic E-state index is 12.9. The van der Waals surface area contributed by atoms with Gasteiger partial charge in [-0.3, -0.25) is 9.69 Å². The van der Waals surface area contributed by atoms with E-state index in [2.05, 4.69) is 55.3 Å². The number of aryl methyl sites for hydroxylation is 1. The topological polar surface area (TPSA) is 41.6 Å². The molecule has 1 amide bonds. The van der Waals surface area contributed by atoms with Gasteiger partial charge in [0.1, 0.15) is 5.75 Å². The number of likely N-dealkylation sites (tertiary alicyclic amines) is 1. The molecule has 0 aliphatic carbocycles. The van der Waals surface area contributed by atoms with Crippen molar-refractivity contribution >= 4 is 5.91 Å². The third kappa shape index (κ3) is 6.10. The molecule has 2 aromatic carbocycles. The number of hydrogen-bond donors (Lipinski definition) is 1. The molecule has 3 rings (SSSR count). The van der Waals surface area contributed by atoms with Crippen LogP contribution in [0, 0.1) is 6.92 Å². The number of benzene rings is 2. The summed E-state index contributed by atoms with van der Waals surface area (Å²) in [7, 11) is 1.71. The highest BCUT2D eigenvalue weighted by atomic mass is 16.5. The zero-order chi connectivity index (χ0) is 22.4. The second-order valence-corrected chi connectivity index (χ2v) is 9.19. The van der Waals surface area contributed by atoms with Crippen LogP contribution < -0.4 is 10.1 Å². The molecule has 0 bridgehead atoms. The number of carbonyl (C=O) groups excluding carboxylic acids is 1. The minimum atomic E-state index is -0.0762. The minimum absolute atomic E-state index is 0.0323. The summed E-state index contributed by atoms with van der Waals surface area (Å²) in [5.74, 6) is 1.24. The van der Waals surface area contributed by atoms with Crippen LogP contribution in [0.4, 0.5) is 0 Å². The van der Waals surface area contributed by atoms with Gasteiger partial charge in [-0.2, -0.15) is 0 Å². The fourth-order valence-electron chi connectivity index (χ4n) is 4.48. The predicted octanol–water partition coefficient (Wildman–Crippen LogP) is 5.99. The van der Waals surface area contributed by atoms with Crippen LogP contribution >= 0.6 is 0 Å². The Bertz CT molecular complexity index is 866. The minimum Gasteiger partial charge on any atom is -0.496 e. The Kier molecular flexibility index (Phi) is 8.14. The van der Waals surface area contributed by atoms with Crippen LogP contribution in [-0.2, 0) is 6.54 Å². The SMILES string of the molecule is COc1cc(C)c([C@H](C)NC(=O)c2ccc(CN3CCCCCC3)cc2)cc1C(C)C. The molecule has 0 saturated carbocycles. The fourth-order valence-corrected chi connectivity index (χ4v) is 4.48. The molecule has 0 unspecified atom stereocenters. The van der Waals surface area contributed by atoms with Gasteiger partial charge >= 0.3 is 0 Å². The number of methoxy groups -OCH3 is 1. The standard InChI is InChI=1S/C27H38N2O2/c1-19(2)24-17-25(20(3)16-26(24)31-5)21(4)28-27(30)23-12-10-22(11-13-23)18-29-14-8-6-7-9-15-29/h10-13,16-17,19,21H,6-9,14-15,18H2,1-5H3,(H,28,30)/t21-/m0/s1. The summed E-state index contributed by atoms with van der Waals surface area (Å²) in [6, 6.07) is 12.3. The fraction of sp³-hybridized carbons (Fsp3) is 0.519. The summed E-state index contributed by atoms with van der Waals surface area (Å²) in [4.78, 5) is 15.4. The Balaban J connectivity index is 1.66. The van der Waals surface area contributed by atoms with E-state index in [0.29, 0.717) is 11.5 Å². The van der Waals surface area contributed by atoms with Gasteiger partial charge in [0.15, 0.2) is 0 Å². The van der Waals surface area contributed by atoms with E-state index in [-0.39, 0.29) is 11.9 Å². The van der Waals surface area contributed by atoms with E-state index in [1.807, 2.05) is 19.1 Å². The van der Waals surface area contributed by atoms with Crippen molar-refractivity contribution in [1.29, 1.82) is 0 Å². The van der Waals surface area contributed by atoms with Crippen molar-refractivity contribution < 1.29 is 9.53 Å². The first-order valence-corrected chi connectivity index (χ1v) is 11.7. The van der Waals surface area contributed by atoms with Crippen molar-refractivity contribution in [1.82, 2.24) is 10.2 Å². The lowest BCUT2D eigenvalue weighted by molar-refractivity contribution is 0.0940. The first-order chi connectivity index (χ1) is 14.9. The monoisotopic (exact) mass is 422 g/mol. The number of rotatable bonds is 7. The predicted molar refractivity (Wildman–Crippen MR) is 128 cm³/mol. The number of nitrogens with one attached hydrogen (secondary N) is 1. The number of amides is 1. The normalized spacial score (nSPS) is 16.1. The molecule has 4 nitrogen and oxygen atoms in total. The summed E-state index contributed by atoms with van der Waals surface area (Å²) in [6.45, 7) is 11.8. The van der Waals surface area contributed by atoms with Gasteiger partial charge < -0.3 is 10.1 Å². The van der Waals surface area contributed by atoms with Gasteiger partial charge in [0.2, 0.25) is 0 Å². The highest BCUT2D eigenvalue weighted by molar-refractivity contribution is 5.94. The van der Waals surface area contributed by atoms with E-state index >= 15 is 0 Å². The van der Waals surface area contributed by atoms with E-state index in [4.69, 9.17) is 4.74 Å². The van der Waals surface area contributed by atoms with Crippen molar-refractivity contribution in [3.05, 3.63) is 64.2 Å². The Morgan fingerprint density at radius 2 is 1.65 bits per heavy atom. The summed E-state index contributed by atoms with van der Waals surface area (Å²) < 4.78 is 5.55. The third-order valence-corrected chi connectivity index (χ3v) is 6.38. The highest BCUT2D eigenvalue weighted by Crippen LogP contribution is 2.32. The quantitative estimate of drug-likeness (QED) is 0.595. The number of hydrogen-bond acceptors (Lipinski definition) is 3. The van der Waals surface area contributed by atoms with Gasteiger partial charge in [-0.05, 0) is 92.2 Å². The van der Waals surface area contributed by atoms with E-state index in [9.17, 15) is 4.79 Å². The lowest BCUT2D eigenvalue weighted by atomic mass is 9.93. The van der Waals surface area contributed by atoms with Crippen LogP contribution in [0.25, 0.3) is 0 Å². The molecule has 2 aromatic rings. The molecule has 1 N–H and O–H groups in total. The van der Waals surface area contributed by atoms with Crippen molar-refractivity contribution in [2.24, 2.45) is 0 Å². The van der Waals surface area contributed by atoms with Crippen LogP contribution in [-0.4, -0.2) is 31.0 Å². The van der Waals surface area contributed by atoms with Gasteiger partial charge in [0, 0.05) is 12.1 Å². The van der Waals surface area contributed by atoms with Gasteiger partial charge in [0.25, 0.3) is 5.91 Å². The molecule has 0 aromatic heterocycles. The van der Waals surface area contributed by atoms with Gasteiger partial charge in [-0.15, -0.1) is 0 Å². The molecule has 0 spiro atoms. The first-order valence-electron chi connectivity index (χ1n) is 11.7. The molecular weight excluding hydrogens is 384 g/mol. The molecule has 31 heavy (non-hydrogen) atoms. The number of nitrogens with zero attached hydrogens (tertiary/aromatic N) is 1. The second-order valence-electron chi connectivity index (χ2n) is 9.19. The maximum absolute atomic E-state index is 12.9. The number of carbonyl (C=O) groups is 1. The molecule has 1 aliphatic heterocycles. The van der Waals surface area contributed by atoms with E-state index in [1.54, 1.807) is 7.11 Å². The van der Waals surface area contributed by atoms with Crippen molar-refractivity contribution in [2.45, 2.75) is 71.9 Å². The highest BCUT2D eigenvalue weighted by Gasteiger charge is 2.18. The molecule has 1 saturated heterocycles. The van der Waals surface area contributed by atoms with Crippen LogP contribution in [0.2, 0.25) is 0 Å². The largest absolute Gasteiger partial charge is 0.496 e. The van der Waals surface area contributed by atoms with Gasteiger partial charge in [0.05, 0.1) is 13.2 Å². The smallest absolute Gasteiger partial charge is 0.251 e. The van der Waals surface area contributed by atoms with E-state index in [1.165, 1.54) is 49.9 Å². The lowest BCUT2D eigenvalue weighted by Crippen LogP contribution is -2.27. The first kappa shape index (κ1) is 23.3. The Morgan fingerprint density at radius 3 is 2.23 bits per heavy atom. The van der Waals surface area contributed by atoms with Crippen LogP contribution in [0.15, 0.2) is 36.4 Å². The lowest BCUT2D eigenvalue weighted by Gasteiger charge is -2.21. The average molecular weight is 423 g/mol. The third-order valence-electron chi connectivity index (χ3n) is 6.38. The van der Waals surface area contributed by atoms with Crippen molar-refractivity contribution in [2.75, 3.05) is 20.2 Å². The average Bonchev–Trinajstić information content (AvgIpc) is 3.02. The summed E-state index contributed by atoms with van der Waals surface area (Å²) in [6.07, 6.45) is 5.28. The molecule has 1 aliphatic rings. The van der Waals surface area contributed by atoms with Crippen molar-refractivity contribution in [3.63, 3.8) is 0 Å². The Labute approximate surface area is 188 Å². The summed E-state index contributed by atoms with van der Waals surface area (Å²) >= 11 is 0. The molecule has 1 heterocycles. The second kappa shape index (κ2) is 10.8. The van der Waals surface area contributed by atoms with Crippen LogP contribution in [0.3, 0.4) is 0 Å². The van der Waals surface area contributed by atoms with E-state index < -0.39 is 0 Å². The zero-order valence-corrected chi connectivity index (χ0v) is 19.8.